The minimum atomic E-state index is -0.562. The van der Waals surface area contributed by atoms with E-state index >= 15 is 0 Å². The Kier molecular flexibility index (Phi) is 3.78. The second-order valence-electron chi connectivity index (χ2n) is 5.87. The number of thiophene rings is 1. The molecule has 3 N–H and O–H groups in total. The van der Waals surface area contributed by atoms with Gasteiger partial charge < -0.3 is 10.6 Å². The SMILES string of the molecule is O=C1NC(Cc2csc3ccccc23)C(=O)NC1Cc1ccn[nH]1. The Balaban J connectivity index is 1.48. The first-order valence-electron chi connectivity index (χ1n) is 7.75. The molecule has 3 heterocycles. The number of rotatable bonds is 4. The molecule has 7 heteroatoms. The number of benzene rings is 1. The van der Waals surface area contributed by atoms with E-state index in [0.29, 0.717) is 12.8 Å². The summed E-state index contributed by atoms with van der Waals surface area (Å²) in [5, 5.41) is 15.5. The van der Waals surface area contributed by atoms with Crippen LogP contribution in [0.2, 0.25) is 0 Å². The van der Waals surface area contributed by atoms with Crippen molar-refractivity contribution in [1.29, 1.82) is 0 Å². The van der Waals surface area contributed by atoms with Crippen molar-refractivity contribution in [3.05, 3.63) is 53.2 Å². The first kappa shape index (κ1) is 14.9. The Morgan fingerprint density at radius 1 is 1.00 bits per heavy atom. The summed E-state index contributed by atoms with van der Waals surface area (Å²) in [6.07, 6.45) is 2.53. The lowest BCUT2D eigenvalue weighted by Gasteiger charge is -2.29. The average Bonchev–Trinajstić information content (AvgIpc) is 3.22. The largest absolute Gasteiger partial charge is 0.342 e. The van der Waals surface area contributed by atoms with E-state index in [-0.39, 0.29) is 11.8 Å². The number of hydrogen-bond donors (Lipinski definition) is 3. The number of piperazine rings is 1. The number of carbonyl (C=O) groups is 2. The molecule has 24 heavy (non-hydrogen) atoms. The molecule has 0 radical (unpaired) electrons. The highest BCUT2D eigenvalue weighted by Crippen LogP contribution is 2.26. The molecule has 4 rings (SSSR count). The highest BCUT2D eigenvalue weighted by atomic mass is 32.1. The topological polar surface area (TPSA) is 86.9 Å². The Hall–Kier alpha value is -2.67. The molecular formula is C17H16N4O2S. The third kappa shape index (κ3) is 2.78. The lowest BCUT2D eigenvalue weighted by atomic mass is 10.00. The van der Waals surface area contributed by atoms with Gasteiger partial charge in [0.2, 0.25) is 11.8 Å². The molecule has 1 aliphatic rings. The number of aromatic amines is 1. The van der Waals surface area contributed by atoms with E-state index in [0.717, 1.165) is 16.6 Å². The zero-order chi connectivity index (χ0) is 16.5. The fraction of sp³-hybridized carbons (Fsp3) is 0.235. The van der Waals surface area contributed by atoms with Gasteiger partial charge in [0.15, 0.2) is 0 Å². The van der Waals surface area contributed by atoms with Crippen LogP contribution in [0, 0.1) is 0 Å². The molecular weight excluding hydrogens is 324 g/mol. The van der Waals surface area contributed by atoms with Gasteiger partial charge in [0.25, 0.3) is 0 Å². The second kappa shape index (κ2) is 6.09. The van der Waals surface area contributed by atoms with Gasteiger partial charge in [-0.05, 0) is 28.5 Å². The molecule has 1 aliphatic heterocycles. The van der Waals surface area contributed by atoms with Crippen molar-refractivity contribution < 1.29 is 9.59 Å². The molecule has 1 fully saturated rings. The summed E-state index contributed by atoms with van der Waals surface area (Å²) >= 11 is 1.65. The Morgan fingerprint density at radius 2 is 1.75 bits per heavy atom. The second-order valence-corrected chi connectivity index (χ2v) is 6.78. The Bertz CT molecular complexity index is 887. The lowest BCUT2D eigenvalue weighted by Crippen LogP contribution is -2.62. The van der Waals surface area contributed by atoms with Gasteiger partial charge in [0, 0.05) is 29.4 Å². The van der Waals surface area contributed by atoms with Crippen molar-refractivity contribution in [2.24, 2.45) is 0 Å². The number of H-pyrrole nitrogens is 1. The number of aromatic nitrogens is 2. The van der Waals surface area contributed by atoms with Crippen molar-refractivity contribution in [3.8, 4) is 0 Å². The van der Waals surface area contributed by atoms with Crippen LogP contribution in [-0.4, -0.2) is 34.1 Å². The van der Waals surface area contributed by atoms with Gasteiger partial charge in [0.05, 0.1) is 0 Å². The molecule has 0 saturated carbocycles. The van der Waals surface area contributed by atoms with Gasteiger partial charge in [-0.25, -0.2) is 0 Å². The normalized spacial score (nSPS) is 20.8. The summed E-state index contributed by atoms with van der Waals surface area (Å²) in [7, 11) is 0. The van der Waals surface area contributed by atoms with E-state index in [1.807, 2.05) is 18.2 Å². The zero-order valence-electron chi connectivity index (χ0n) is 12.8. The molecule has 1 aromatic carbocycles. The van der Waals surface area contributed by atoms with Gasteiger partial charge in [-0.2, -0.15) is 5.10 Å². The van der Waals surface area contributed by atoms with Gasteiger partial charge >= 0.3 is 0 Å². The average molecular weight is 340 g/mol. The summed E-state index contributed by atoms with van der Waals surface area (Å²) in [5.74, 6) is -0.303. The number of nitrogens with one attached hydrogen (secondary N) is 3. The van der Waals surface area contributed by atoms with Crippen LogP contribution in [0.3, 0.4) is 0 Å². The molecule has 2 aromatic heterocycles. The molecule has 2 amide bonds. The maximum absolute atomic E-state index is 12.4. The summed E-state index contributed by atoms with van der Waals surface area (Å²) in [6, 6.07) is 8.79. The van der Waals surface area contributed by atoms with E-state index < -0.39 is 12.1 Å². The maximum Gasteiger partial charge on any atom is 0.243 e. The minimum absolute atomic E-state index is 0.144. The minimum Gasteiger partial charge on any atom is -0.342 e. The van der Waals surface area contributed by atoms with Gasteiger partial charge in [-0.1, -0.05) is 18.2 Å². The van der Waals surface area contributed by atoms with Crippen LogP contribution >= 0.6 is 11.3 Å². The maximum atomic E-state index is 12.4. The third-order valence-electron chi connectivity index (χ3n) is 4.23. The molecule has 122 valence electrons. The Labute approximate surface area is 142 Å². The van der Waals surface area contributed by atoms with Crippen LogP contribution in [0.1, 0.15) is 11.3 Å². The van der Waals surface area contributed by atoms with E-state index in [4.69, 9.17) is 0 Å². The smallest absolute Gasteiger partial charge is 0.243 e. The number of nitrogens with zero attached hydrogens (tertiary/aromatic N) is 1. The van der Waals surface area contributed by atoms with Crippen molar-refractivity contribution in [3.63, 3.8) is 0 Å². The van der Waals surface area contributed by atoms with Crippen LogP contribution < -0.4 is 10.6 Å². The number of amides is 2. The van der Waals surface area contributed by atoms with Gasteiger partial charge in [-0.3, -0.25) is 14.7 Å². The molecule has 3 aromatic rings. The van der Waals surface area contributed by atoms with Crippen molar-refractivity contribution in [1.82, 2.24) is 20.8 Å². The highest BCUT2D eigenvalue weighted by molar-refractivity contribution is 7.17. The first-order valence-corrected chi connectivity index (χ1v) is 8.63. The zero-order valence-corrected chi connectivity index (χ0v) is 13.6. The number of hydrogen-bond acceptors (Lipinski definition) is 4. The standard InChI is InChI=1S/C17H16N4O2S/c22-16-13(7-10-9-24-15-4-2-1-3-12(10)15)19-17(23)14(20-16)8-11-5-6-18-21-11/h1-6,9,13-14H,7-8H2,(H,18,21)(H,19,23)(H,20,22). The fourth-order valence-corrected chi connectivity index (χ4v) is 3.97. The highest BCUT2D eigenvalue weighted by Gasteiger charge is 2.34. The summed E-state index contributed by atoms with van der Waals surface area (Å²) in [6.45, 7) is 0. The molecule has 6 nitrogen and oxygen atoms in total. The van der Waals surface area contributed by atoms with Crippen LogP contribution in [-0.2, 0) is 22.4 Å². The van der Waals surface area contributed by atoms with Crippen LogP contribution in [0.25, 0.3) is 10.1 Å². The van der Waals surface area contributed by atoms with Gasteiger partial charge in [-0.15, -0.1) is 11.3 Å². The lowest BCUT2D eigenvalue weighted by molar-refractivity contribution is -0.136. The van der Waals surface area contributed by atoms with Crippen molar-refractivity contribution in [2.75, 3.05) is 0 Å². The van der Waals surface area contributed by atoms with E-state index in [1.54, 1.807) is 23.6 Å². The number of carbonyl (C=O) groups excluding carboxylic acids is 2. The molecule has 0 spiro atoms. The fourth-order valence-electron chi connectivity index (χ4n) is 2.99. The monoisotopic (exact) mass is 340 g/mol. The van der Waals surface area contributed by atoms with Crippen LogP contribution in [0.4, 0.5) is 0 Å². The molecule has 2 atom stereocenters. The molecule has 1 saturated heterocycles. The summed E-state index contributed by atoms with van der Waals surface area (Å²) in [5.41, 5.74) is 1.90. The number of fused-ring (bicyclic) bond motifs is 1. The summed E-state index contributed by atoms with van der Waals surface area (Å²) in [4.78, 5) is 24.7. The molecule has 2 unspecified atom stereocenters. The van der Waals surface area contributed by atoms with E-state index in [2.05, 4.69) is 32.3 Å². The Morgan fingerprint density at radius 3 is 2.50 bits per heavy atom. The van der Waals surface area contributed by atoms with Gasteiger partial charge in [0.1, 0.15) is 12.1 Å². The molecule has 0 bridgehead atoms. The van der Waals surface area contributed by atoms with Crippen LogP contribution in [0.5, 0.6) is 0 Å². The first-order chi connectivity index (χ1) is 11.7. The quantitative estimate of drug-likeness (QED) is 0.671. The van der Waals surface area contributed by atoms with Crippen molar-refractivity contribution >= 4 is 33.2 Å². The third-order valence-corrected chi connectivity index (χ3v) is 5.25. The van der Waals surface area contributed by atoms with Crippen molar-refractivity contribution in [2.45, 2.75) is 24.9 Å². The predicted octanol–water partition coefficient (Wildman–Crippen LogP) is 1.39. The molecule has 0 aliphatic carbocycles. The predicted molar refractivity (Wildman–Crippen MR) is 91.7 cm³/mol. The van der Waals surface area contributed by atoms with Crippen LogP contribution in [0.15, 0.2) is 41.9 Å². The van der Waals surface area contributed by atoms with E-state index in [1.165, 1.54) is 4.70 Å². The summed E-state index contributed by atoms with van der Waals surface area (Å²) < 4.78 is 1.19. The van der Waals surface area contributed by atoms with E-state index in [9.17, 15) is 9.59 Å².